The minimum Gasteiger partial charge on any atom is -0.377 e. The fourth-order valence-electron chi connectivity index (χ4n) is 2.97. The highest BCUT2D eigenvalue weighted by molar-refractivity contribution is 7.89. The number of anilines is 1. The SMILES string of the molecule is CC(C)(C)NS(=O)(=O)c1ccc(NC2CCN(S(C)(=O)=O)CC2)c([N+](=O)[O-])c1. The van der Waals surface area contributed by atoms with Gasteiger partial charge in [-0.05, 0) is 45.7 Å². The number of piperidine rings is 1. The summed E-state index contributed by atoms with van der Waals surface area (Å²) in [6.07, 6.45) is 2.14. The molecular formula is C16H26N4O6S2. The van der Waals surface area contributed by atoms with E-state index in [2.05, 4.69) is 10.0 Å². The van der Waals surface area contributed by atoms with Crippen molar-refractivity contribution >= 4 is 31.4 Å². The molecule has 0 aromatic heterocycles. The largest absolute Gasteiger partial charge is 0.377 e. The van der Waals surface area contributed by atoms with Crippen molar-refractivity contribution in [2.24, 2.45) is 0 Å². The molecule has 1 aliphatic rings. The fourth-order valence-corrected chi connectivity index (χ4v) is 5.28. The molecule has 12 heteroatoms. The Kier molecular flexibility index (Phi) is 6.38. The first-order valence-electron chi connectivity index (χ1n) is 8.73. The molecule has 1 saturated heterocycles. The van der Waals surface area contributed by atoms with E-state index in [9.17, 15) is 26.9 Å². The van der Waals surface area contributed by atoms with Gasteiger partial charge in [0.05, 0.1) is 16.1 Å². The number of sulfonamides is 2. The third kappa shape index (κ3) is 5.87. The summed E-state index contributed by atoms with van der Waals surface area (Å²) in [5.41, 5.74) is -0.863. The molecule has 0 saturated carbocycles. The van der Waals surface area contributed by atoms with Crippen molar-refractivity contribution in [2.45, 2.75) is 50.1 Å². The van der Waals surface area contributed by atoms with Crippen LogP contribution in [0.25, 0.3) is 0 Å². The Labute approximate surface area is 165 Å². The molecule has 0 aliphatic carbocycles. The zero-order chi connectivity index (χ0) is 21.3. The molecule has 158 valence electrons. The summed E-state index contributed by atoms with van der Waals surface area (Å²) in [4.78, 5) is 10.7. The monoisotopic (exact) mass is 434 g/mol. The van der Waals surface area contributed by atoms with Crippen LogP contribution >= 0.6 is 0 Å². The molecule has 1 aliphatic heterocycles. The van der Waals surface area contributed by atoms with Gasteiger partial charge in [0.15, 0.2) is 0 Å². The first-order chi connectivity index (χ1) is 12.7. The highest BCUT2D eigenvalue weighted by Crippen LogP contribution is 2.30. The number of nitrogens with one attached hydrogen (secondary N) is 2. The van der Waals surface area contributed by atoms with E-state index >= 15 is 0 Å². The summed E-state index contributed by atoms with van der Waals surface area (Å²) in [6, 6.07) is 3.57. The summed E-state index contributed by atoms with van der Waals surface area (Å²) in [5, 5.41) is 14.5. The van der Waals surface area contributed by atoms with Crippen LogP contribution in [0, 0.1) is 10.1 Å². The van der Waals surface area contributed by atoms with Crippen molar-refractivity contribution in [1.82, 2.24) is 9.03 Å². The van der Waals surface area contributed by atoms with Crippen LogP contribution in [0.2, 0.25) is 0 Å². The number of nitro benzene ring substituents is 1. The molecule has 28 heavy (non-hydrogen) atoms. The molecule has 2 rings (SSSR count). The third-order valence-corrected chi connectivity index (χ3v) is 7.26. The number of rotatable bonds is 6. The van der Waals surface area contributed by atoms with Gasteiger partial charge in [-0.3, -0.25) is 10.1 Å². The minimum atomic E-state index is -3.90. The average molecular weight is 435 g/mol. The maximum absolute atomic E-state index is 12.4. The summed E-state index contributed by atoms with van der Waals surface area (Å²) in [6.45, 7) is 5.69. The molecule has 0 bridgehead atoms. The second-order valence-electron chi connectivity index (χ2n) is 7.87. The number of nitro groups is 1. The van der Waals surface area contributed by atoms with Gasteiger partial charge in [0.25, 0.3) is 5.69 Å². The second-order valence-corrected chi connectivity index (χ2v) is 11.5. The smallest absolute Gasteiger partial charge is 0.293 e. The van der Waals surface area contributed by atoms with Crippen molar-refractivity contribution in [3.05, 3.63) is 28.3 Å². The van der Waals surface area contributed by atoms with Crippen LogP contribution in [-0.4, -0.2) is 57.0 Å². The Bertz CT molecular complexity index is 946. The lowest BCUT2D eigenvalue weighted by Crippen LogP contribution is -2.42. The highest BCUT2D eigenvalue weighted by Gasteiger charge is 2.28. The lowest BCUT2D eigenvalue weighted by molar-refractivity contribution is -0.384. The molecular weight excluding hydrogens is 408 g/mol. The van der Waals surface area contributed by atoms with Gasteiger partial charge in [0, 0.05) is 30.7 Å². The van der Waals surface area contributed by atoms with Crippen molar-refractivity contribution < 1.29 is 21.8 Å². The predicted molar refractivity (Wildman–Crippen MR) is 106 cm³/mol. The van der Waals surface area contributed by atoms with Gasteiger partial charge in [-0.2, -0.15) is 0 Å². The zero-order valence-corrected chi connectivity index (χ0v) is 17.9. The van der Waals surface area contributed by atoms with Gasteiger partial charge >= 0.3 is 0 Å². The Morgan fingerprint density at radius 1 is 1.14 bits per heavy atom. The van der Waals surface area contributed by atoms with Crippen LogP contribution in [0.4, 0.5) is 11.4 Å². The Morgan fingerprint density at radius 3 is 2.18 bits per heavy atom. The van der Waals surface area contributed by atoms with E-state index in [1.807, 2.05) is 0 Å². The van der Waals surface area contributed by atoms with E-state index in [4.69, 9.17) is 0 Å². The zero-order valence-electron chi connectivity index (χ0n) is 16.3. The number of hydrogen-bond donors (Lipinski definition) is 2. The molecule has 0 amide bonds. The van der Waals surface area contributed by atoms with Crippen LogP contribution in [0.3, 0.4) is 0 Å². The molecule has 10 nitrogen and oxygen atoms in total. The average Bonchev–Trinajstić information content (AvgIpc) is 2.52. The van der Waals surface area contributed by atoms with Crippen LogP contribution in [0.1, 0.15) is 33.6 Å². The van der Waals surface area contributed by atoms with Crippen molar-refractivity contribution in [3.8, 4) is 0 Å². The molecule has 1 heterocycles. The normalized spacial score (nSPS) is 17.4. The number of nitrogens with zero attached hydrogens (tertiary/aromatic N) is 2. The van der Waals surface area contributed by atoms with Gasteiger partial charge in [-0.25, -0.2) is 25.9 Å². The van der Waals surface area contributed by atoms with E-state index < -0.39 is 30.5 Å². The van der Waals surface area contributed by atoms with Crippen molar-refractivity contribution in [2.75, 3.05) is 24.7 Å². The van der Waals surface area contributed by atoms with E-state index in [1.54, 1.807) is 20.8 Å². The Hall–Kier alpha value is -1.76. The lowest BCUT2D eigenvalue weighted by atomic mass is 10.1. The van der Waals surface area contributed by atoms with E-state index in [-0.39, 0.29) is 22.3 Å². The molecule has 2 N–H and O–H groups in total. The van der Waals surface area contributed by atoms with E-state index in [1.165, 1.54) is 16.4 Å². The standard InChI is InChI=1S/C16H26N4O6S2/c1-16(2,3)18-28(25,26)13-5-6-14(15(11-13)20(21)22)17-12-7-9-19(10-8-12)27(4,23)24/h5-6,11-12,17-18H,7-10H2,1-4H3. The molecule has 0 radical (unpaired) electrons. The summed E-state index contributed by atoms with van der Waals surface area (Å²) in [5.74, 6) is 0. The second kappa shape index (κ2) is 7.93. The molecule has 0 unspecified atom stereocenters. The lowest BCUT2D eigenvalue weighted by Gasteiger charge is -2.31. The molecule has 1 aromatic rings. The number of hydrogen-bond acceptors (Lipinski definition) is 7. The minimum absolute atomic E-state index is 0.146. The van der Waals surface area contributed by atoms with Crippen molar-refractivity contribution in [3.63, 3.8) is 0 Å². The van der Waals surface area contributed by atoms with E-state index in [0.29, 0.717) is 25.9 Å². The molecule has 0 atom stereocenters. The summed E-state index contributed by atoms with van der Waals surface area (Å²) < 4.78 is 51.9. The van der Waals surface area contributed by atoms with Gasteiger partial charge in [-0.15, -0.1) is 0 Å². The van der Waals surface area contributed by atoms with Crippen LogP contribution in [-0.2, 0) is 20.0 Å². The first kappa shape index (κ1) is 22.5. The highest BCUT2D eigenvalue weighted by atomic mass is 32.2. The van der Waals surface area contributed by atoms with Crippen molar-refractivity contribution in [1.29, 1.82) is 0 Å². The molecule has 0 spiro atoms. The third-order valence-electron chi connectivity index (χ3n) is 4.20. The van der Waals surface area contributed by atoms with Gasteiger partial charge in [0.1, 0.15) is 5.69 Å². The maximum Gasteiger partial charge on any atom is 0.293 e. The quantitative estimate of drug-likeness (QED) is 0.511. The maximum atomic E-state index is 12.4. The van der Waals surface area contributed by atoms with Crippen LogP contribution in [0.5, 0.6) is 0 Å². The fraction of sp³-hybridized carbons (Fsp3) is 0.625. The van der Waals surface area contributed by atoms with Gasteiger partial charge < -0.3 is 5.32 Å². The topological polar surface area (TPSA) is 139 Å². The summed E-state index contributed by atoms with van der Waals surface area (Å²) in [7, 11) is -7.16. The summed E-state index contributed by atoms with van der Waals surface area (Å²) >= 11 is 0. The van der Waals surface area contributed by atoms with E-state index in [0.717, 1.165) is 12.3 Å². The Morgan fingerprint density at radius 2 is 1.71 bits per heavy atom. The van der Waals surface area contributed by atoms with Crippen LogP contribution in [0.15, 0.2) is 23.1 Å². The number of benzene rings is 1. The predicted octanol–water partition coefficient (Wildman–Crippen LogP) is 1.51. The van der Waals surface area contributed by atoms with Gasteiger partial charge in [-0.1, -0.05) is 0 Å². The van der Waals surface area contributed by atoms with Gasteiger partial charge in [0.2, 0.25) is 20.0 Å². The first-order valence-corrected chi connectivity index (χ1v) is 12.1. The van der Waals surface area contributed by atoms with Crippen LogP contribution < -0.4 is 10.0 Å². The molecule has 1 aromatic carbocycles. The Balaban J connectivity index is 2.22. The molecule has 1 fully saturated rings.